The van der Waals surface area contributed by atoms with Gasteiger partial charge in [0, 0.05) is 29.4 Å². The number of anilines is 1. The summed E-state index contributed by atoms with van der Waals surface area (Å²) in [4.78, 5) is 15.8. The first-order chi connectivity index (χ1) is 9.48. The number of hydrogen-bond acceptors (Lipinski definition) is 3. The summed E-state index contributed by atoms with van der Waals surface area (Å²) in [6, 6.07) is 9.83. The van der Waals surface area contributed by atoms with E-state index in [0.29, 0.717) is 12.2 Å². The van der Waals surface area contributed by atoms with E-state index < -0.39 is 0 Å². The van der Waals surface area contributed by atoms with Crippen LogP contribution in [0.3, 0.4) is 0 Å². The highest BCUT2D eigenvalue weighted by Crippen LogP contribution is 2.44. The SMILES string of the molecule is Cn1nccc1C(=O)N1CC(C)(C)Sc2ccccc21. The monoisotopic (exact) mass is 287 g/mol. The summed E-state index contributed by atoms with van der Waals surface area (Å²) in [5, 5.41) is 4.09. The molecule has 5 heteroatoms. The fourth-order valence-corrected chi connectivity index (χ4v) is 3.68. The number of nitrogens with zero attached hydrogens (tertiary/aromatic N) is 3. The van der Waals surface area contributed by atoms with Gasteiger partial charge in [-0.15, -0.1) is 11.8 Å². The van der Waals surface area contributed by atoms with Crippen LogP contribution in [0.1, 0.15) is 24.3 Å². The third-order valence-corrected chi connectivity index (χ3v) is 4.61. The molecule has 0 aliphatic carbocycles. The molecule has 1 aliphatic heterocycles. The Hall–Kier alpha value is -1.75. The molecule has 0 spiro atoms. The molecule has 0 saturated heterocycles. The summed E-state index contributed by atoms with van der Waals surface area (Å²) in [5.41, 5.74) is 1.60. The van der Waals surface area contributed by atoms with Crippen LogP contribution in [0.5, 0.6) is 0 Å². The minimum Gasteiger partial charge on any atom is -0.305 e. The van der Waals surface area contributed by atoms with E-state index in [0.717, 1.165) is 10.6 Å². The fraction of sp³-hybridized carbons (Fsp3) is 0.333. The lowest BCUT2D eigenvalue weighted by Crippen LogP contribution is -2.44. The molecule has 0 N–H and O–H groups in total. The Labute approximate surface area is 122 Å². The Kier molecular flexibility index (Phi) is 3.09. The molecule has 4 nitrogen and oxygen atoms in total. The number of aryl methyl sites for hydroxylation is 1. The molecule has 0 radical (unpaired) electrons. The molecular weight excluding hydrogens is 270 g/mol. The number of para-hydroxylation sites is 1. The molecule has 2 aromatic rings. The zero-order valence-electron chi connectivity index (χ0n) is 11.8. The summed E-state index contributed by atoms with van der Waals surface area (Å²) in [7, 11) is 1.79. The largest absolute Gasteiger partial charge is 0.305 e. The first kappa shape index (κ1) is 13.2. The maximum Gasteiger partial charge on any atom is 0.276 e. The van der Waals surface area contributed by atoms with E-state index in [1.54, 1.807) is 24.0 Å². The van der Waals surface area contributed by atoms with Crippen molar-refractivity contribution in [1.82, 2.24) is 9.78 Å². The van der Waals surface area contributed by atoms with Gasteiger partial charge in [-0.05, 0) is 32.0 Å². The van der Waals surface area contributed by atoms with Crippen LogP contribution in [0.2, 0.25) is 0 Å². The van der Waals surface area contributed by atoms with Crippen LogP contribution < -0.4 is 4.90 Å². The van der Waals surface area contributed by atoms with Gasteiger partial charge in [-0.2, -0.15) is 5.10 Å². The molecule has 1 aliphatic rings. The summed E-state index contributed by atoms with van der Waals surface area (Å²) in [6.07, 6.45) is 1.66. The summed E-state index contributed by atoms with van der Waals surface area (Å²) in [6.45, 7) is 5.02. The third-order valence-electron chi connectivity index (χ3n) is 3.37. The molecule has 0 bridgehead atoms. The average Bonchev–Trinajstić information content (AvgIpc) is 2.82. The minimum atomic E-state index is 0.00259. The van der Waals surface area contributed by atoms with E-state index in [-0.39, 0.29) is 10.7 Å². The highest BCUT2D eigenvalue weighted by Gasteiger charge is 2.34. The summed E-state index contributed by atoms with van der Waals surface area (Å²) in [5.74, 6) is 0.00539. The molecule has 0 atom stereocenters. The zero-order valence-corrected chi connectivity index (χ0v) is 12.6. The van der Waals surface area contributed by atoms with Gasteiger partial charge in [0.05, 0.1) is 5.69 Å². The highest BCUT2D eigenvalue weighted by atomic mass is 32.2. The quantitative estimate of drug-likeness (QED) is 0.809. The van der Waals surface area contributed by atoms with Crippen molar-refractivity contribution >= 4 is 23.4 Å². The normalized spacial score (nSPS) is 16.9. The van der Waals surface area contributed by atoms with E-state index in [9.17, 15) is 4.79 Å². The molecule has 0 unspecified atom stereocenters. The Bertz CT molecular complexity index is 663. The highest BCUT2D eigenvalue weighted by molar-refractivity contribution is 8.00. The topological polar surface area (TPSA) is 38.1 Å². The number of fused-ring (bicyclic) bond motifs is 1. The lowest BCUT2D eigenvalue weighted by molar-refractivity contribution is 0.0975. The van der Waals surface area contributed by atoms with Crippen LogP contribution in [0.25, 0.3) is 0 Å². The average molecular weight is 287 g/mol. The van der Waals surface area contributed by atoms with Crippen molar-refractivity contribution in [2.45, 2.75) is 23.5 Å². The van der Waals surface area contributed by atoms with Crippen LogP contribution in [-0.4, -0.2) is 27.0 Å². The van der Waals surface area contributed by atoms with E-state index in [1.807, 2.05) is 34.9 Å². The van der Waals surface area contributed by atoms with E-state index in [1.165, 1.54) is 0 Å². The number of aromatic nitrogens is 2. The first-order valence-corrected chi connectivity index (χ1v) is 7.37. The molecule has 0 saturated carbocycles. The number of carbonyl (C=O) groups excluding carboxylic acids is 1. The van der Waals surface area contributed by atoms with Crippen LogP contribution in [0, 0.1) is 0 Å². The molecule has 1 aromatic heterocycles. The minimum absolute atomic E-state index is 0.00259. The second kappa shape index (κ2) is 4.66. The number of carbonyl (C=O) groups is 1. The number of hydrogen-bond donors (Lipinski definition) is 0. The van der Waals surface area contributed by atoms with Crippen molar-refractivity contribution in [3.63, 3.8) is 0 Å². The van der Waals surface area contributed by atoms with Gasteiger partial charge in [-0.1, -0.05) is 12.1 Å². The Morgan fingerprint density at radius 3 is 2.75 bits per heavy atom. The number of benzene rings is 1. The van der Waals surface area contributed by atoms with E-state index in [4.69, 9.17) is 0 Å². The van der Waals surface area contributed by atoms with Crippen LogP contribution >= 0.6 is 11.8 Å². The van der Waals surface area contributed by atoms with Crippen molar-refractivity contribution in [3.8, 4) is 0 Å². The van der Waals surface area contributed by atoms with Gasteiger partial charge in [-0.25, -0.2) is 0 Å². The maximum absolute atomic E-state index is 12.8. The summed E-state index contributed by atoms with van der Waals surface area (Å²) >= 11 is 1.82. The lowest BCUT2D eigenvalue weighted by Gasteiger charge is -2.38. The van der Waals surface area contributed by atoms with Crippen molar-refractivity contribution in [1.29, 1.82) is 0 Å². The van der Waals surface area contributed by atoms with Gasteiger partial charge < -0.3 is 4.90 Å². The zero-order chi connectivity index (χ0) is 14.3. The lowest BCUT2D eigenvalue weighted by atomic mass is 10.1. The fourth-order valence-electron chi connectivity index (χ4n) is 2.47. The Morgan fingerprint density at radius 1 is 1.30 bits per heavy atom. The van der Waals surface area contributed by atoms with Gasteiger partial charge in [0.25, 0.3) is 5.91 Å². The van der Waals surface area contributed by atoms with Gasteiger partial charge in [0.15, 0.2) is 0 Å². The van der Waals surface area contributed by atoms with Crippen molar-refractivity contribution in [2.75, 3.05) is 11.4 Å². The summed E-state index contributed by atoms with van der Waals surface area (Å²) < 4.78 is 1.63. The molecule has 0 fully saturated rings. The molecule has 1 aromatic carbocycles. The van der Waals surface area contributed by atoms with Gasteiger partial charge in [0.1, 0.15) is 5.69 Å². The molecule has 104 valence electrons. The van der Waals surface area contributed by atoms with Gasteiger partial charge in [-0.3, -0.25) is 9.48 Å². The Morgan fingerprint density at radius 2 is 2.05 bits per heavy atom. The Balaban J connectivity index is 2.05. The maximum atomic E-state index is 12.8. The molecular formula is C15H17N3OS. The number of rotatable bonds is 1. The van der Waals surface area contributed by atoms with Crippen LogP contribution in [0.15, 0.2) is 41.4 Å². The second-order valence-corrected chi connectivity index (χ2v) is 7.31. The first-order valence-electron chi connectivity index (χ1n) is 6.56. The van der Waals surface area contributed by atoms with Gasteiger partial charge in [0.2, 0.25) is 0 Å². The van der Waals surface area contributed by atoms with Gasteiger partial charge >= 0.3 is 0 Å². The third kappa shape index (κ3) is 2.22. The van der Waals surface area contributed by atoms with Crippen LogP contribution in [-0.2, 0) is 7.05 Å². The van der Waals surface area contributed by atoms with E-state index >= 15 is 0 Å². The molecule has 2 heterocycles. The van der Waals surface area contributed by atoms with Crippen molar-refractivity contribution < 1.29 is 4.79 Å². The molecule has 1 amide bonds. The molecule has 20 heavy (non-hydrogen) atoms. The van der Waals surface area contributed by atoms with E-state index in [2.05, 4.69) is 25.0 Å². The van der Waals surface area contributed by atoms with Crippen molar-refractivity contribution in [2.24, 2.45) is 7.05 Å². The smallest absolute Gasteiger partial charge is 0.276 e. The van der Waals surface area contributed by atoms with Crippen LogP contribution in [0.4, 0.5) is 5.69 Å². The molecule has 3 rings (SSSR count). The number of thioether (sulfide) groups is 1. The predicted octanol–water partition coefficient (Wildman–Crippen LogP) is 2.95. The second-order valence-electron chi connectivity index (χ2n) is 5.56. The van der Waals surface area contributed by atoms with Crippen molar-refractivity contribution in [3.05, 3.63) is 42.2 Å². The standard InChI is InChI=1S/C15H17N3OS/c1-15(2)10-18(11-6-4-5-7-13(11)20-15)14(19)12-8-9-16-17(12)3/h4-9H,10H2,1-3H3. The predicted molar refractivity (Wildman–Crippen MR) is 81.3 cm³/mol. The number of amides is 1.